The third-order valence-corrected chi connectivity index (χ3v) is 3.82. The highest BCUT2D eigenvalue weighted by atomic mass is 79.9. The van der Waals surface area contributed by atoms with Gasteiger partial charge >= 0.3 is 0 Å². The van der Waals surface area contributed by atoms with Gasteiger partial charge in [-0.05, 0) is 24.1 Å². The van der Waals surface area contributed by atoms with E-state index in [1.165, 1.54) is 0 Å². The predicted octanol–water partition coefficient (Wildman–Crippen LogP) is 2.56. The summed E-state index contributed by atoms with van der Waals surface area (Å²) in [6, 6.07) is 5.13. The Morgan fingerprint density at radius 3 is 2.63 bits per heavy atom. The maximum absolute atomic E-state index is 12.0. The number of nitrogen functional groups attached to an aromatic ring is 1. The number of hydrogen-bond acceptors (Lipinski definition) is 3. The van der Waals surface area contributed by atoms with Crippen LogP contribution in [-0.4, -0.2) is 23.7 Å². The summed E-state index contributed by atoms with van der Waals surface area (Å²) in [5.41, 5.74) is 6.62. The highest BCUT2D eigenvalue weighted by Gasteiger charge is 2.17. The molecule has 0 aromatic heterocycles. The van der Waals surface area contributed by atoms with Gasteiger partial charge in [0.1, 0.15) is 0 Å². The van der Waals surface area contributed by atoms with Crippen LogP contribution in [0.2, 0.25) is 0 Å². The molecule has 0 saturated heterocycles. The van der Waals surface area contributed by atoms with E-state index in [1.807, 2.05) is 13.8 Å². The van der Waals surface area contributed by atoms with Crippen molar-refractivity contribution in [1.82, 2.24) is 5.32 Å². The third kappa shape index (κ3) is 4.51. The maximum Gasteiger partial charge on any atom is 0.253 e. The molecular formula is C14H21BrN2O2. The average molecular weight is 329 g/mol. The molecule has 1 rings (SSSR count). The molecule has 0 aliphatic rings. The second-order valence-electron chi connectivity index (χ2n) is 4.59. The van der Waals surface area contributed by atoms with Gasteiger partial charge in [0, 0.05) is 16.7 Å². The van der Waals surface area contributed by atoms with E-state index in [-0.39, 0.29) is 18.4 Å². The normalized spacial score (nSPS) is 12.5. The van der Waals surface area contributed by atoms with Crippen LogP contribution in [0.25, 0.3) is 0 Å². The van der Waals surface area contributed by atoms with Crippen molar-refractivity contribution in [3.05, 3.63) is 28.2 Å². The summed E-state index contributed by atoms with van der Waals surface area (Å²) >= 11 is 3.31. The zero-order valence-electron chi connectivity index (χ0n) is 11.3. The van der Waals surface area contributed by atoms with Crippen molar-refractivity contribution >= 4 is 27.5 Å². The molecule has 1 amide bonds. The van der Waals surface area contributed by atoms with Gasteiger partial charge in [0.05, 0.1) is 11.7 Å². The first-order chi connectivity index (χ1) is 8.99. The Labute approximate surface area is 122 Å². The van der Waals surface area contributed by atoms with E-state index in [1.54, 1.807) is 18.2 Å². The van der Waals surface area contributed by atoms with E-state index in [9.17, 15) is 9.90 Å². The maximum atomic E-state index is 12.0. The Morgan fingerprint density at radius 1 is 1.42 bits per heavy atom. The van der Waals surface area contributed by atoms with Crippen molar-refractivity contribution in [3.63, 3.8) is 0 Å². The fourth-order valence-electron chi connectivity index (χ4n) is 2.02. The number of aliphatic hydroxyl groups is 1. The van der Waals surface area contributed by atoms with Crippen molar-refractivity contribution in [2.24, 2.45) is 5.92 Å². The zero-order chi connectivity index (χ0) is 14.4. The van der Waals surface area contributed by atoms with Gasteiger partial charge in [0.25, 0.3) is 5.91 Å². The summed E-state index contributed by atoms with van der Waals surface area (Å²) in [7, 11) is 0. The molecule has 0 aliphatic carbocycles. The molecule has 19 heavy (non-hydrogen) atoms. The van der Waals surface area contributed by atoms with Gasteiger partial charge in [0.15, 0.2) is 0 Å². The number of hydrogen-bond donors (Lipinski definition) is 3. The molecule has 0 spiro atoms. The summed E-state index contributed by atoms with van der Waals surface area (Å²) in [6.45, 7) is 4.31. The van der Waals surface area contributed by atoms with Gasteiger partial charge in [-0.15, -0.1) is 0 Å². The third-order valence-electron chi connectivity index (χ3n) is 3.32. The molecule has 0 bridgehead atoms. The number of aliphatic hydroxyl groups excluding tert-OH is 1. The highest BCUT2D eigenvalue weighted by molar-refractivity contribution is 9.10. The Hall–Kier alpha value is -1.07. The molecule has 1 aromatic rings. The number of nitrogens with one attached hydrogen (secondary N) is 1. The van der Waals surface area contributed by atoms with Crippen LogP contribution in [0.15, 0.2) is 22.7 Å². The van der Waals surface area contributed by atoms with E-state index >= 15 is 0 Å². The SMILES string of the molecule is CCC(CC)C(O)CNC(=O)c1cc(Br)ccc1N. The number of halogens is 1. The Kier molecular flexibility index (Phi) is 6.31. The molecule has 4 nitrogen and oxygen atoms in total. The predicted molar refractivity (Wildman–Crippen MR) is 81.0 cm³/mol. The Balaban J connectivity index is 2.63. The second-order valence-corrected chi connectivity index (χ2v) is 5.50. The number of rotatable bonds is 6. The lowest BCUT2D eigenvalue weighted by Gasteiger charge is -2.20. The fraction of sp³-hybridized carbons (Fsp3) is 0.500. The minimum absolute atomic E-state index is 0.208. The molecule has 5 heteroatoms. The smallest absolute Gasteiger partial charge is 0.253 e. The summed E-state index contributed by atoms with van der Waals surface area (Å²) in [4.78, 5) is 12.0. The van der Waals surface area contributed by atoms with Crippen LogP contribution in [-0.2, 0) is 0 Å². The van der Waals surface area contributed by atoms with Crippen molar-refractivity contribution in [2.45, 2.75) is 32.8 Å². The van der Waals surface area contributed by atoms with Crippen LogP contribution < -0.4 is 11.1 Å². The van der Waals surface area contributed by atoms with E-state index in [0.29, 0.717) is 11.3 Å². The first-order valence-electron chi connectivity index (χ1n) is 6.50. The molecule has 106 valence electrons. The minimum atomic E-state index is -0.521. The second kappa shape index (κ2) is 7.50. The number of carbonyl (C=O) groups excluding carboxylic acids is 1. The fourth-order valence-corrected chi connectivity index (χ4v) is 2.38. The molecule has 1 unspecified atom stereocenters. The Bertz CT molecular complexity index is 433. The summed E-state index contributed by atoms with van der Waals surface area (Å²) in [5.74, 6) is -0.0519. The van der Waals surface area contributed by atoms with E-state index in [4.69, 9.17) is 5.73 Å². The van der Waals surface area contributed by atoms with Crippen molar-refractivity contribution in [2.75, 3.05) is 12.3 Å². The molecule has 0 heterocycles. The van der Waals surface area contributed by atoms with Crippen LogP contribution in [0, 0.1) is 5.92 Å². The lowest BCUT2D eigenvalue weighted by atomic mass is 9.96. The number of anilines is 1. The molecule has 0 fully saturated rings. The molecule has 1 aromatic carbocycles. The van der Waals surface area contributed by atoms with Crippen LogP contribution in [0.1, 0.15) is 37.0 Å². The van der Waals surface area contributed by atoms with Gasteiger partial charge in [-0.2, -0.15) is 0 Å². The average Bonchev–Trinajstić information content (AvgIpc) is 2.40. The van der Waals surface area contributed by atoms with Gasteiger partial charge in [-0.25, -0.2) is 0 Å². The first kappa shape index (κ1) is 16.0. The molecule has 1 atom stereocenters. The molecule has 4 N–H and O–H groups in total. The van der Waals surface area contributed by atoms with E-state index in [0.717, 1.165) is 17.3 Å². The molecule has 0 saturated carbocycles. The quantitative estimate of drug-likeness (QED) is 0.702. The van der Waals surface area contributed by atoms with E-state index < -0.39 is 6.10 Å². The van der Waals surface area contributed by atoms with Crippen molar-refractivity contribution in [3.8, 4) is 0 Å². The summed E-state index contributed by atoms with van der Waals surface area (Å²) in [6.07, 6.45) is 1.27. The van der Waals surface area contributed by atoms with Gasteiger partial charge < -0.3 is 16.2 Å². The molecular weight excluding hydrogens is 308 g/mol. The van der Waals surface area contributed by atoms with Crippen molar-refractivity contribution in [1.29, 1.82) is 0 Å². The van der Waals surface area contributed by atoms with E-state index in [2.05, 4.69) is 21.2 Å². The number of carbonyl (C=O) groups is 1. The van der Waals surface area contributed by atoms with Gasteiger partial charge in [-0.1, -0.05) is 42.6 Å². The van der Waals surface area contributed by atoms with Gasteiger partial charge in [-0.3, -0.25) is 4.79 Å². The minimum Gasteiger partial charge on any atom is -0.398 e. The number of benzene rings is 1. The first-order valence-corrected chi connectivity index (χ1v) is 7.30. The largest absolute Gasteiger partial charge is 0.398 e. The lowest BCUT2D eigenvalue weighted by molar-refractivity contribution is 0.0817. The van der Waals surface area contributed by atoms with Crippen molar-refractivity contribution < 1.29 is 9.90 Å². The van der Waals surface area contributed by atoms with Gasteiger partial charge in [0.2, 0.25) is 0 Å². The highest BCUT2D eigenvalue weighted by Crippen LogP contribution is 2.18. The topological polar surface area (TPSA) is 75.3 Å². The van der Waals surface area contributed by atoms with Crippen LogP contribution >= 0.6 is 15.9 Å². The van der Waals surface area contributed by atoms with Crippen LogP contribution in [0.4, 0.5) is 5.69 Å². The summed E-state index contributed by atoms with van der Waals surface area (Å²) < 4.78 is 0.799. The monoisotopic (exact) mass is 328 g/mol. The number of amides is 1. The Morgan fingerprint density at radius 2 is 2.05 bits per heavy atom. The van der Waals surface area contributed by atoms with Crippen LogP contribution in [0.3, 0.4) is 0 Å². The lowest BCUT2D eigenvalue weighted by Crippen LogP contribution is -2.36. The molecule has 0 aliphatic heterocycles. The molecule has 0 radical (unpaired) electrons. The summed E-state index contributed by atoms with van der Waals surface area (Å²) in [5, 5.41) is 12.7. The zero-order valence-corrected chi connectivity index (χ0v) is 12.9. The van der Waals surface area contributed by atoms with Crippen LogP contribution in [0.5, 0.6) is 0 Å². The number of nitrogens with two attached hydrogens (primary N) is 1. The standard InChI is InChI=1S/C14H21BrN2O2/c1-3-9(4-2)13(18)8-17-14(19)11-7-10(15)5-6-12(11)16/h5-7,9,13,18H,3-4,8,16H2,1-2H3,(H,17,19).